The minimum Gasteiger partial charge on any atom is -0.459 e. The molecule has 0 aliphatic rings. The van der Waals surface area contributed by atoms with Crippen molar-refractivity contribution < 1.29 is 27.2 Å². The number of carbonyl (C=O) groups excluding carboxylic acids is 3. The van der Waals surface area contributed by atoms with Gasteiger partial charge in [0.15, 0.2) is 5.76 Å². The third-order valence-electron chi connectivity index (χ3n) is 4.00. The zero-order valence-electron chi connectivity index (χ0n) is 16.6. The van der Waals surface area contributed by atoms with Crippen LogP contribution in [0.25, 0.3) is 0 Å². The van der Waals surface area contributed by atoms with E-state index < -0.39 is 27.7 Å². The van der Waals surface area contributed by atoms with Crippen molar-refractivity contribution in [2.75, 3.05) is 26.2 Å². The van der Waals surface area contributed by atoms with Gasteiger partial charge in [-0.1, -0.05) is 13.8 Å². The maximum atomic E-state index is 12.5. The van der Waals surface area contributed by atoms with Crippen LogP contribution in [0.3, 0.4) is 0 Å². The smallest absolute Gasteiger partial charge is 0.287 e. The van der Waals surface area contributed by atoms with Crippen LogP contribution in [0.4, 0.5) is 0 Å². The molecule has 12 heteroatoms. The van der Waals surface area contributed by atoms with E-state index in [9.17, 15) is 22.8 Å². The maximum absolute atomic E-state index is 12.5. The zero-order chi connectivity index (χ0) is 22.1. The summed E-state index contributed by atoms with van der Waals surface area (Å²) in [5.41, 5.74) is 0. The van der Waals surface area contributed by atoms with E-state index in [1.165, 1.54) is 22.7 Å². The first-order chi connectivity index (χ1) is 14.3. The van der Waals surface area contributed by atoms with E-state index in [1.54, 1.807) is 26.0 Å². The summed E-state index contributed by atoms with van der Waals surface area (Å²) in [6.45, 7) is 3.87. The number of nitrogens with zero attached hydrogens (tertiary/aromatic N) is 1. The molecule has 0 aliphatic heterocycles. The molecule has 0 bridgehead atoms. The highest BCUT2D eigenvalue weighted by molar-refractivity contribution is 7.91. The molecule has 0 aromatic carbocycles. The number of hydrogen-bond donors (Lipinski definition) is 3. The fraction of sp³-hybridized carbons (Fsp3) is 0.389. The number of nitrogens with one attached hydrogen (secondary N) is 3. The van der Waals surface area contributed by atoms with Crippen LogP contribution in [0.5, 0.6) is 0 Å². The molecule has 2 heterocycles. The number of amides is 3. The van der Waals surface area contributed by atoms with Crippen LogP contribution >= 0.6 is 11.3 Å². The second-order valence-electron chi connectivity index (χ2n) is 6.02. The van der Waals surface area contributed by atoms with Crippen molar-refractivity contribution >= 4 is 39.1 Å². The third-order valence-corrected chi connectivity index (χ3v) is 7.60. The van der Waals surface area contributed by atoms with Crippen LogP contribution in [0, 0.1) is 0 Å². The van der Waals surface area contributed by atoms with Crippen molar-refractivity contribution in [3.8, 4) is 0 Å². The Balaban J connectivity index is 1.74. The minimum atomic E-state index is -3.53. The Morgan fingerprint density at radius 1 is 1.00 bits per heavy atom. The molecular formula is C18H24N4O6S2. The van der Waals surface area contributed by atoms with Crippen molar-refractivity contribution in [2.45, 2.75) is 24.6 Å². The van der Waals surface area contributed by atoms with Gasteiger partial charge < -0.3 is 20.4 Å². The molecule has 2 rings (SSSR count). The van der Waals surface area contributed by atoms with Gasteiger partial charge in [-0.05, 0) is 24.3 Å². The lowest BCUT2D eigenvalue weighted by Crippen LogP contribution is -2.41. The van der Waals surface area contributed by atoms with Crippen LogP contribution in [0.2, 0.25) is 0 Å². The zero-order valence-corrected chi connectivity index (χ0v) is 18.3. The molecule has 2 aromatic heterocycles. The fourth-order valence-electron chi connectivity index (χ4n) is 2.43. The molecule has 0 atom stereocenters. The van der Waals surface area contributed by atoms with Gasteiger partial charge in [0.05, 0.1) is 25.9 Å². The highest BCUT2D eigenvalue weighted by Gasteiger charge is 2.23. The first-order valence-corrected chi connectivity index (χ1v) is 11.5. The van der Waals surface area contributed by atoms with Crippen molar-refractivity contribution in [1.29, 1.82) is 0 Å². The Labute approximate surface area is 178 Å². The Morgan fingerprint density at radius 3 is 2.30 bits per heavy atom. The van der Waals surface area contributed by atoms with Gasteiger partial charge in [0, 0.05) is 18.0 Å². The Kier molecular flexibility index (Phi) is 8.57. The molecule has 10 nitrogen and oxygen atoms in total. The Morgan fingerprint density at radius 2 is 1.67 bits per heavy atom. The summed E-state index contributed by atoms with van der Waals surface area (Å²) in [7, 11) is -3.53. The number of hydrogen-bond acceptors (Lipinski definition) is 7. The first-order valence-electron chi connectivity index (χ1n) is 9.21. The average molecular weight is 457 g/mol. The van der Waals surface area contributed by atoms with Crippen molar-refractivity contribution in [3.63, 3.8) is 0 Å². The van der Waals surface area contributed by atoms with Gasteiger partial charge in [-0.2, -0.15) is 4.31 Å². The van der Waals surface area contributed by atoms with Gasteiger partial charge in [-0.15, -0.1) is 11.3 Å². The summed E-state index contributed by atoms with van der Waals surface area (Å²) in [6, 6.07) is 6.17. The van der Waals surface area contributed by atoms with E-state index in [4.69, 9.17) is 4.42 Å². The van der Waals surface area contributed by atoms with Crippen LogP contribution in [-0.4, -0.2) is 56.6 Å². The van der Waals surface area contributed by atoms with Gasteiger partial charge in [-0.3, -0.25) is 14.4 Å². The second kappa shape index (κ2) is 10.9. The largest absolute Gasteiger partial charge is 0.459 e. The standard InChI is InChI=1S/C18H24N4O6S2/c1-3-22(4-2)30(26,27)17-8-7-13(29-17)10-19-15(23)11-20-16(24)12-21-18(25)14-6-5-9-28-14/h5-9H,3-4,10-12H2,1-2H3,(H,19,23)(H,20,24)(H,21,25). The molecule has 0 fully saturated rings. The van der Waals surface area contributed by atoms with E-state index in [0.717, 1.165) is 11.3 Å². The summed E-state index contributed by atoms with van der Waals surface area (Å²) >= 11 is 1.09. The van der Waals surface area contributed by atoms with Crippen molar-refractivity contribution in [2.24, 2.45) is 0 Å². The van der Waals surface area contributed by atoms with Gasteiger partial charge in [0.25, 0.3) is 15.9 Å². The van der Waals surface area contributed by atoms with E-state index >= 15 is 0 Å². The Hall–Kier alpha value is -2.70. The van der Waals surface area contributed by atoms with Crippen LogP contribution in [0.1, 0.15) is 29.3 Å². The lowest BCUT2D eigenvalue weighted by atomic mass is 10.4. The van der Waals surface area contributed by atoms with Crippen molar-refractivity contribution in [1.82, 2.24) is 20.3 Å². The molecule has 0 aliphatic carbocycles. The molecule has 3 N–H and O–H groups in total. The predicted octanol–water partition coefficient (Wildman–Crippen LogP) is 0.534. The monoisotopic (exact) mass is 456 g/mol. The lowest BCUT2D eigenvalue weighted by molar-refractivity contribution is -0.125. The Bertz CT molecular complexity index is 965. The molecular weight excluding hydrogens is 432 g/mol. The first kappa shape index (κ1) is 23.6. The normalized spacial score (nSPS) is 11.3. The number of sulfonamides is 1. The van der Waals surface area contributed by atoms with E-state index in [2.05, 4.69) is 16.0 Å². The SMILES string of the molecule is CCN(CC)S(=O)(=O)c1ccc(CNC(=O)CNC(=O)CNC(=O)c2ccco2)s1. The van der Waals surface area contributed by atoms with Crippen LogP contribution < -0.4 is 16.0 Å². The number of rotatable bonds is 11. The van der Waals surface area contributed by atoms with Gasteiger partial charge >= 0.3 is 0 Å². The highest BCUT2D eigenvalue weighted by Crippen LogP contribution is 2.24. The quantitative estimate of drug-likeness (QED) is 0.451. The molecule has 30 heavy (non-hydrogen) atoms. The average Bonchev–Trinajstić information content (AvgIpc) is 3.42. The number of thiophene rings is 1. The summed E-state index contributed by atoms with van der Waals surface area (Å²) in [5, 5.41) is 7.36. The summed E-state index contributed by atoms with van der Waals surface area (Å²) in [6.07, 6.45) is 1.34. The molecule has 0 saturated heterocycles. The van der Waals surface area contributed by atoms with Crippen LogP contribution in [0.15, 0.2) is 39.2 Å². The fourth-order valence-corrected chi connectivity index (χ4v) is 5.34. The van der Waals surface area contributed by atoms with Gasteiger partial charge in [-0.25, -0.2) is 8.42 Å². The van der Waals surface area contributed by atoms with E-state index in [1.807, 2.05) is 0 Å². The topological polar surface area (TPSA) is 138 Å². The van der Waals surface area contributed by atoms with Crippen molar-refractivity contribution in [3.05, 3.63) is 41.2 Å². The van der Waals surface area contributed by atoms with Gasteiger partial charge in [0.2, 0.25) is 11.8 Å². The summed E-state index contributed by atoms with van der Waals surface area (Å²) < 4.78 is 31.4. The van der Waals surface area contributed by atoms with E-state index in [-0.39, 0.29) is 29.6 Å². The lowest BCUT2D eigenvalue weighted by Gasteiger charge is -2.16. The molecule has 3 amide bonds. The second-order valence-corrected chi connectivity index (χ2v) is 9.36. The summed E-state index contributed by atoms with van der Waals surface area (Å²) in [4.78, 5) is 35.9. The van der Waals surface area contributed by atoms with Crippen LogP contribution in [-0.2, 0) is 26.2 Å². The molecule has 0 radical (unpaired) electrons. The molecule has 164 valence electrons. The predicted molar refractivity (Wildman–Crippen MR) is 110 cm³/mol. The molecule has 2 aromatic rings. The van der Waals surface area contributed by atoms with Gasteiger partial charge in [0.1, 0.15) is 4.21 Å². The summed E-state index contributed by atoms with van der Waals surface area (Å²) in [5.74, 6) is -1.43. The minimum absolute atomic E-state index is 0.0823. The third kappa shape index (κ3) is 6.40. The molecule has 0 unspecified atom stereocenters. The number of furan rings is 1. The molecule has 0 saturated carbocycles. The molecule has 0 spiro atoms. The number of carbonyl (C=O) groups is 3. The van der Waals surface area contributed by atoms with E-state index in [0.29, 0.717) is 18.0 Å². The highest BCUT2D eigenvalue weighted by atomic mass is 32.2. The maximum Gasteiger partial charge on any atom is 0.287 e.